The molecule has 0 aromatic heterocycles. The quantitative estimate of drug-likeness (QED) is 0.597. The van der Waals surface area contributed by atoms with E-state index in [1.54, 1.807) is 4.90 Å². The molecule has 2 rings (SSSR count). The maximum atomic E-state index is 13.4. The van der Waals surface area contributed by atoms with Crippen LogP contribution in [0.25, 0.3) is 0 Å². The van der Waals surface area contributed by atoms with Crippen molar-refractivity contribution in [2.75, 3.05) is 19.6 Å². The summed E-state index contributed by atoms with van der Waals surface area (Å²) in [5.41, 5.74) is 5.47. The van der Waals surface area contributed by atoms with Crippen molar-refractivity contribution in [1.29, 1.82) is 0 Å². The minimum atomic E-state index is -0.667. The standard InChI is InChI=1S/C12H15FN4O3/c13-9-3-8(4-10(5-9)17(19)20)7-16-2-1-15-6-11(16)12(14)18/h3-5,11,15H,1-2,6-7H2,(H2,14,18). The molecule has 0 bridgehead atoms. The summed E-state index contributed by atoms with van der Waals surface area (Å²) in [4.78, 5) is 23.2. The summed E-state index contributed by atoms with van der Waals surface area (Å²) in [6.45, 7) is 1.92. The van der Waals surface area contributed by atoms with E-state index in [2.05, 4.69) is 5.32 Å². The molecule has 3 N–H and O–H groups in total. The van der Waals surface area contributed by atoms with Crippen LogP contribution in [0, 0.1) is 15.9 Å². The van der Waals surface area contributed by atoms with E-state index in [1.165, 1.54) is 12.1 Å². The second-order valence-corrected chi connectivity index (χ2v) is 4.67. The molecule has 0 aliphatic carbocycles. The van der Waals surface area contributed by atoms with Crippen molar-refractivity contribution < 1.29 is 14.1 Å². The second kappa shape index (κ2) is 5.93. The molecule has 0 saturated carbocycles. The van der Waals surface area contributed by atoms with Gasteiger partial charge in [-0.1, -0.05) is 0 Å². The molecule has 7 nitrogen and oxygen atoms in total. The molecule has 1 saturated heterocycles. The van der Waals surface area contributed by atoms with Crippen LogP contribution in [0.15, 0.2) is 18.2 Å². The van der Waals surface area contributed by atoms with Gasteiger partial charge >= 0.3 is 0 Å². The van der Waals surface area contributed by atoms with Crippen LogP contribution in [0.5, 0.6) is 0 Å². The molecule has 1 unspecified atom stereocenters. The fraction of sp³-hybridized carbons (Fsp3) is 0.417. The number of nitro benzene ring substituents is 1. The number of nitrogens with zero attached hydrogens (tertiary/aromatic N) is 2. The summed E-state index contributed by atoms with van der Waals surface area (Å²) in [6, 6.07) is 2.91. The number of primary amides is 1. The average molecular weight is 282 g/mol. The normalized spacial score (nSPS) is 19.8. The highest BCUT2D eigenvalue weighted by molar-refractivity contribution is 5.80. The predicted octanol–water partition coefficient (Wildman–Crippen LogP) is -0.00700. The zero-order valence-electron chi connectivity index (χ0n) is 10.7. The number of halogens is 1. The monoisotopic (exact) mass is 282 g/mol. The highest BCUT2D eigenvalue weighted by Crippen LogP contribution is 2.19. The molecule has 1 heterocycles. The van der Waals surface area contributed by atoms with E-state index < -0.39 is 22.7 Å². The summed E-state index contributed by atoms with van der Waals surface area (Å²) in [5, 5.41) is 13.8. The summed E-state index contributed by atoms with van der Waals surface area (Å²) in [6.07, 6.45) is 0. The lowest BCUT2D eigenvalue weighted by Crippen LogP contribution is -2.56. The highest BCUT2D eigenvalue weighted by atomic mass is 19.1. The molecule has 108 valence electrons. The first-order valence-electron chi connectivity index (χ1n) is 6.15. The average Bonchev–Trinajstić information content (AvgIpc) is 2.38. The number of carbonyl (C=O) groups excluding carboxylic acids is 1. The molecule has 1 atom stereocenters. The molecule has 1 aromatic carbocycles. The van der Waals surface area contributed by atoms with E-state index in [9.17, 15) is 19.3 Å². The molecule has 1 amide bonds. The third-order valence-electron chi connectivity index (χ3n) is 3.22. The van der Waals surface area contributed by atoms with Crippen LogP contribution >= 0.6 is 0 Å². The zero-order valence-corrected chi connectivity index (χ0v) is 10.7. The zero-order chi connectivity index (χ0) is 14.7. The van der Waals surface area contributed by atoms with Crippen LogP contribution in [0.1, 0.15) is 5.56 Å². The number of nitrogens with two attached hydrogens (primary N) is 1. The lowest BCUT2D eigenvalue weighted by atomic mass is 10.1. The first kappa shape index (κ1) is 14.4. The molecule has 0 spiro atoms. The second-order valence-electron chi connectivity index (χ2n) is 4.67. The molecule has 8 heteroatoms. The Labute approximate surface area is 114 Å². The fourth-order valence-electron chi connectivity index (χ4n) is 2.28. The van der Waals surface area contributed by atoms with Gasteiger partial charge in [0.25, 0.3) is 5.69 Å². The lowest BCUT2D eigenvalue weighted by Gasteiger charge is -2.34. The van der Waals surface area contributed by atoms with Crippen molar-refractivity contribution in [2.45, 2.75) is 12.6 Å². The summed E-state index contributed by atoms with van der Waals surface area (Å²) in [7, 11) is 0. The number of benzene rings is 1. The SMILES string of the molecule is NC(=O)C1CNCCN1Cc1cc(F)cc([N+](=O)[O-])c1. The van der Waals surface area contributed by atoms with Gasteiger partial charge in [0.05, 0.1) is 11.0 Å². The Morgan fingerprint density at radius 2 is 2.30 bits per heavy atom. The van der Waals surface area contributed by atoms with Gasteiger partial charge in [0, 0.05) is 32.2 Å². The third-order valence-corrected chi connectivity index (χ3v) is 3.22. The van der Waals surface area contributed by atoms with Gasteiger partial charge < -0.3 is 11.1 Å². The van der Waals surface area contributed by atoms with Crippen molar-refractivity contribution in [3.8, 4) is 0 Å². The van der Waals surface area contributed by atoms with Gasteiger partial charge in [-0.3, -0.25) is 19.8 Å². The summed E-state index contributed by atoms with van der Waals surface area (Å²) >= 11 is 0. The highest BCUT2D eigenvalue weighted by Gasteiger charge is 2.27. The fourth-order valence-corrected chi connectivity index (χ4v) is 2.28. The Kier molecular flexibility index (Phi) is 4.26. The number of hydrogen-bond acceptors (Lipinski definition) is 5. The first-order valence-corrected chi connectivity index (χ1v) is 6.15. The lowest BCUT2D eigenvalue weighted by molar-refractivity contribution is -0.385. The van der Waals surface area contributed by atoms with Crippen LogP contribution in [-0.2, 0) is 11.3 Å². The van der Waals surface area contributed by atoms with E-state index in [0.29, 0.717) is 25.2 Å². The van der Waals surface area contributed by atoms with Gasteiger partial charge in [0.15, 0.2) is 0 Å². The number of rotatable bonds is 4. The van der Waals surface area contributed by atoms with Gasteiger partial charge in [-0.25, -0.2) is 4.39 Å². The minimum Gasteiger partial charge on any atom is -0.368 e. The van der Waals surface area contributed by atoms with E-state index in [1.807, 2.05) is 0 Å². The number of carbonyl (C=O) groups is 1. The smallest absolute Gasteiger partial charge is 0.272 e. The molecule has 20 heavy (non-hydrogen) atoms. The van der Waals surface area contributed by atoms with E-state index >= 15 is 0 Å². The van der Waals surface area contributed by atoms with Gasteiger partial charge in [-0.2, -0.15) is 0 Å². The van der Waals surface area contributed by atoms with Gasteiger partial charge in [-0.15, -0.1) is 0 Å². The summed E-state index contributed by atoms with van der Waals surface area (Å²) in [5.74, 6) is -1.14. The Hall–Kier alpha value is -2.06. The molecule has 1 aliphatic rings. The number of nitrogens with one attached hydrogen (secondary N) is 1. The Morgan fingerprint density at radius 3 is 2.95 bits per heavy atom. The van der Waals surface area contributed by atoms with E-state index in [0.717, 1.165) is 6.07 Å². The first-order chi connectivity index (χ1) is 9.47. The number of non-ortho nitro benzene ring substituents is 1. The van der Waals surface area contributed by atoms with Crippen molar-refractivity contribution in [1.82, 2.24) is 10.2 Å². The predicted molar refractivity (Wildman–Crippen MR) is 69.3 cm³/mol. The van der Waals surface area contributed by atoms with Crippen LogP contribution in [0.4, 0.5) is 10.1 Å². The van der Waals surface area contributed by atoms with Crippen molar-refractivity contribution >= 4 is 11.6 Å². The van der Waals surface area contributed by atoms with Gasteiger partial charge in [0.2, 0.25) is 5.91 Å². The molecular formula is C12H15FN4O3. The van der Waals surface area contributed by atoms with Crippen LogP contribution in [0.2, 0.25) is 0 Å². The summed E-state index contributed by atoms with van der Waals surface area (Å²) < 4.78 is 13.4. The van der Waals surface area contributed by atoms with Crippen molar-refractivity contribution in [2.24, 2.45) is 5.73 Å². The van der Waals surface area contributed by atoms with Crippen molar-refractivity contribution in [3.05, 3.63) is 39.7 Å². The number of piperazine rings is 1. The molecule has 1 aromatic rings. The molecule has 0 radical (unpaired) electrons. The number of nitro groups is 1. The Bertz CT molecular complexity index is 537. The maximum Gasteiger partial charge on any atom is 0.272 e. The van der Waals surface area contributed by atoms with Gasteiger partial charge in [0.1, 0.15) is 11.9 Å². The number of hydrogen-bond donors (Lipinski definition) is 2. The minimum absolute atomic E-state index is 0.244. The molecule has 1 aliphatic heterocycles. The van der Waals surface area contributed by atoms with Crippen molar-refractivity contribution in [3.63, 3.8) is 0 Å². The van der Waals surface area contributed by atoms with Gasteiger partial charge in [-0.05, 0) is 11.6 Å². The topological polar surface area (TPSA) is 102 Å². The third kappa shape index (κ3) is 3.28. The van der Waals surface area contributed by atoms with E-state index in [4.69, 9.17) is 5.73 Å². The molecule has 1 fully saturated rings. The maximum absolute atomic E-state index is 13.4. The number of amides is 1. The van der Waals surface area contributed by atoms with Crippen LogP contribution in [-0.4, -0.2) is 41.4 Å². The molecular weight excluding hydrogens is 267 g/mol. The van der Waals surface area contributed by atoms with Crippen LogP contribution < -0.4 is 11.1 Å². The Morgan fingerprint density at radius 1 is 1.55 bits per heavy atom. The largest absolute Gasteiger partial charge is 0.368 e. The van der Waals surface area contributed by atoms with Crippen LogP contribution in [0.3, 0.4) is 0 Å². The Balaban J connectivity index is 2.19. The van der Waals surface area contributed by atoms with E-state index in [-0.39, 0.29) is 12.2 Å².